The van der Waals surface area contributed by atoms with Crippen LogP contribution in [0.25, 0.3) is 11.3 Å². The molecule has 3 aromatic rings. The molecule has 0 atom stereocenters. The van der Waals surface area contributed by atoms with E-state index in [9.17, 15) is 4.79 Å². The van der Waals surface area contributed by atoms with E-state index in [1.807, 2.05) is 31.2 Å². The molecule has 2 aromatic carbocycles. The summed E-state index contributed by atoms with van der Waals surface area (Å²) in [7, 11) is 3.08. The summed E-state index contributed by atoms with van der Waals surface area (Å²) < 4.78 is 21.2. The summed E-state index contributed by atoms with van der Waals surface area (Å²) in [6, 6.07) is 14.1. The van der Waals surface area contributed by atoms with E-state index in [1.54, 1.807) is 31.4 Å². The quantitative estimate of drug-likeness (QED) is 0.678. The first kappa shape index (κ1) is 18.3. The Balaban J connectivity index is 1.77. The van der Waals surface area contributed by atoms with Gasteiger partial charge in [0.2, 0.25) is 0 Å². The van der Waals surface area contributed by atoms with Gasteiger partial charge in [-0.1, -0.05) is 5.16 Å². The Hall–Kier alpha value is -3.48. The van der Waals surface area contributed by atoms with Crippen molar-refractivity contribution in [1.82, 2.24) is 5.16 Å². The average molecular weight is 368 g/mol. The molecular weight excluding hydrogens is 348 g/mol. The molecule has 3 rings (SSSR count). The fourth-order valence-electron chi connectivity index (χ4n) is 2.50. The van der Waals surface area contributed by atoms with Crippen LogP contribution >= 0.6 is 0 Å². The first-order chi connectivity index (χ1) is 13.1. The predicted molar refractivity (Wildman–Crippen MR) is 101 cm³/mol. The summed E-state index contributed by atoms with van der Waals surface area (Å²) in [5.74, 6) is 1.95. The zero-order chi connectivity index (χ0) is 19.2. The number of carbonyl (C=O) groups is 1. The number of hydrogen-bond acceptors (Lipinski definition) is 6. The number of benzene rings is 2. The number of amides is 1. The Kier molecular flexibility index (Phi) is 5.61. The number of nitrogens with one attached hydrogen (secondary N) is 1. The van der Waals surface area contributed by atoms with Gasteiger partial charge in [-0.15, -0.1) is 0 Å². The van der Waals surface area contributed by atoms with Crippen molar-refractivity contribution in [3.63, 3.8) is 0 Å². The fraction of sp³-hybridized carbons (Fsp3) is 0.200. The van der Waals surface area contributed by atoms with E-state index in [2.05, 4.69) is 10.5 Å². The number of nitrogens with zero attached hydrogens (tertiary/aromatic N) is 1. The summed E-state index contributed by atoms with van der Waals surface area (Å²) in [5.41, 5.74) is 1.43. The lowest BCUT2D eigenvalue weighted by molar-refractivity contribution is 0.101. The lowest BCUT2D eigenvalue weighted by Gasteiger charge is -2.10. The van der Waals surface area contributed by atoms with Gasteiger partial charge in [0.1, 0.15) is 17.2 Å². The molecule has 1 N–H and O–H groups in total. The molecule has 0 aliphatic rings. The first-order valence-corrected chi connectivity index (χ1v) is 8.38. The molecule has 0 fully saturated rings. The van der Waals surface area contributed by atoms with E-state index in [-0.39, 0.29) is 5.69 Å². The highest BCUT2D eigenvalue weighted by atomic mass is 16.5. The van der Waals surface area contributed by atoms with Crippen LogP contribution < -0.4 is 19.5 Å². The van der Waals surface area contributed by atoms with Gasteiger partial charge in [0.15, 0.2) is 11.5 Å². The molecule has 0 saturated heterocycles. The monoisotopic (exact) mass is 368 g/mol. The van der Waals surface area contributed by atoms with Crippen LogP contribution in [0.4, 0.5) is 5.69 Å². The van der Waals surface area contributed by atoms with Crippen LogP contribution in [0, 0.1) is 0 Å². The van der Waals surface area contributed by atoms with Gasteiger partial charge in [-0.05, 0) is 43.3 Å². The summed E-state index contributed by atoms with van der Waals surface area (Å²) >= 11 is 0. The number of rotatable bonds is 7. The summed E-state index contributed by atoms with van der Waals surface area (Å²) in [6.45, 7) is 2.52. The third kappa shape index (κ3) is 4.20. The molecular formula is C20H20N2O5. The van der Waals surface area contributed by atoms with Gasteiger partial charge in [-0.25, -0.2) is 0 Å². The highest BCUT2D eigenvalue weighted by molar-refractivity contribution is 6.04. The molecule has 0 unspecified atom stereocenters. The number of ether oxygens (including phenoxy) is 3. The van der Waals surface area contributed by atoms with E-state index in [1.165, 1.54) is 7.11 Å². The maximum atomic E-state index is 12.5. The molecule has 7 nitrogen and oxygen atoms in total. The van der Waals surface area contributed by atoms with Crippen LogP contribution in [-0.4, -0.2) is 31.9 Å². The maximum Gasteiger partial charge on any atom is 0.277 e. The van der Waals surface area contributed by atoms with E-state index in [4.69, 9.17) is 18.7 Å². The molecule has 1 amide bonds. The van der Waals surface area contributed by atoms with Crippen LogP contribution in [0.5, 0.6) is 17.2 Å². The van der Waals surface area contributed by atoms with Gasteiger partial charge in [0.05, 0.1) is 26.5 Å². The summed E-state index contributed by atoms with van der Waals surface area (Å²) in [6.07, 6.45) is 0. The van der Waals surface area contributed by atoms with Crippen LogP contribution in [0.15, 0.2) is 53.1 Å². The Morgan fingerprint density at radius 3 is 2.44 bits per heavy atom. The molecule has 7 heteroatoms. The lowest BCUT2D eigenvalue weighted by atomic mass is 10.1. The molecule has 0 radical (unpaired) electrons. The minimum atomic E-state index is -0.414. The zero-order valence-corrected chi connectivity index (χ0v) is 15.3. The third-order valence-corrected chi connectivity index (χ3v) is 3.85. The molecule has 27 heavy (non-hydrogen) atoms. The lowest BCUT2D eigenvalue weighted by Crippen LogP contribution is -2.13. The maximum absolute atomic E-state index is 12.5. The van der Waals surface area contributed by atoms with Gasteiger partial charge in [0.25, 0.3) is 5.91 Å². The second kappa shape index (κ2) is 8.27. The molecule has 0 spiro atoms. The van der Waals surface area contributed by atoms with Crippen LogP contribution in [0.3, 0.4) is 0 Å². The van der Waals surface area contributed by atoms with Crippen LogP contribution in [0.2, 0.25) is 0 Å². The summed E-state index contributed by atoms with van der Waals surface area (Å²) in [4.78, 5) is 12.5. The molecule has 0 aliphatic carbocycles. The van der Waals surface area contributed by atoms with E-state index >= 15 is 0 Å². The number of methoxy groups -OCH3 is 2. The predicted octanol–water partition coefficient (Wildman–Crippen LogP) is 4.01. The van der Waals surface area contributed by atoms with Gasteiger partial charge in [-0.2, -0.15) is 0 Å². The number of aromatic nitrogens is 1. The third-order valence-electron chi connectivity index (χ3n) is 3.85. The Morgan fingerprint density at radius 2 is 1.78 bits per heavy atom. The first-order valence-electron chi connectivity index (χ1n) is 8.38. The molecule has 1 aromatic heterocycles. The van der Waals surface area contributed by atoms with Crippen LogP contribution in [0.1, 0.15) is 17.4 Å². The zero-order valence-electron chi connectivity index (χ0n) is 15.3. The average Bonchev–Trinajstić information content (AvgIpc) is 3.19. The van der Waals surface area contributed by atoms with Crippen molar-refractivity contribution in [3.8, 4) is 28.6 Å². The standard InChI is InChI=1S/C20H20N2O5/c1-4-26-14-7-5-13(6-8-14)19-12-17(22-27-19)20(23)21-16-11-15(24-2)9-10-18(16)25-3/h5-12H,4H2,1-3H3,(H,21,23). The molecule has 0 bridgehead atoms. The van der Waals surface area contributed by atoms with E-state index < -0.39 is 5.91 Å². The highest BCUT2D eigenvalue weighted by Crippen LogP contribution is 2.30. The Morgan fingerprint density at radius 1 is 1.04 bits per heavy atom. The topological polar surface area (TPSA) is 82.8 Å². The number of hydrogen-bond donors (Lipinski definition) is 1. The van der Waals surface area contributed by atoms with Gasteiger partial charge >= 0.3 is 0 Å². The Labute approximate surface area is 156 Å². The van der Waals surface area contributed by atoms with Gasteiger partial charge in [0, 0.05) is 17.7 Å². The largest absolute Gasteiger partial charge is 0.497 e. The molecule has 1 heterocycles. The second-order valence-electron chi connectivity index (χ2n) is 5.55. The SMILES string of the molecule is CCOc1ccc(-c2cc(C(=O)Nc3cc(OC)ccc3OC)no2)cc1. The van der Waals surface area contributed by atoms with Crippen molar-refractivity contribution in [2.45, 2.75) is 6.92 Å². The number of carbonyl (C=O) groups excluding carboxylic acids is 1. The van der Waals surface area contributed by atoms with Crippen molar-refractivity contribution in [1.29, 1.82) is 0 Å². The minimum Gasteiger partial charge on any atom is -0.497 e. The Bertz CT molecular complexity index is 918. The minimum absolute atomic E-state index is 0.156. The van der Waals surface area contributed by atoms with Crippen molar-refractivity contribution in [2.24, 2.45) is 0 Å². The van der Waals surface area contributed by atoms with Gasteiger partial charge < -0.3 is 24.1 Å². The van der Waals surface area contributed by atoms with Crippen molar-refractivity contribution < 1.29 is 23.5 Å². The number of anilines is 1. The smallest absolute Gasteiger partial charge is 0.277 e. The highest BCUT2D eigenvalue weighted by Gasteiger charge is 2.16. The molecule has 0 aliphatic heterocycles. The van der Waals surface area contributed by atoms with Crippen molar-refractivity contribution in [2.75, 3.05) is 26.1 Å². The van der Waals surface area contributed by atoms with E-state index in [0.29, 0.717) is 29.6 Å². The normalized spacial score (nSPS) is 10.3. The molecule has 140 valence electrons. The fourth-order valence-corrected chi connectivity index (χ4v) is 2.50. The van der Waals surface area contributed by atoms with Crippen molar-refractivity contribution >= 4 is 11.6 Å². The van der Waals surface area contributed by atoms with Gasteiger partial charge in [-0.3, -0.25) is 4.79 Å². The van der Waals surface area contributed by atoms with E-state index in [0.717, 1.165) is 11.3 Å². The summed E-state index contributed by atoms with van der Waals surface area (Å²) in [5, 5.41) is 6.61. The molecule has 0 saturated carbocycles. The van der Waals surface area contributed by atoms with Crippen molar-refractivity contribution in [3.05, 3.63) is 54.2 Å². The second-order valence-corrected chi connectivity index (χ2v) is 5.55. The van der Waals surface area contributed by atoms with Crippen LogP contribution in [-0.2, 0) is 0 Å².